The third-order valence-corrected chi connectivity index (χ3v) is 8.02. The average molecular weight is 445 g/mol. The van der Waals surface area contributed by atoms with E-state index in [1.54, 1.807) is 12.1 Å². The second-order valence-electron chi connectivity index (χ2n) is 9.79. The van der Waals surface area contributed by atoms with E-state index in [2.05, 4.69) is 12.2 Å². The van der Waals surface area contributed by atoms with Crippen molar-refractivity contribution in [1.82, 2.24) is 0 Å². The number of imide groups is 1. The highest BCUT2D eigenvalue weighted by Gasteiger charge is 2.67. The Morgan fingerprint density at radius 3 is 2.24 bits per heavy atom. The maximum atomic E-state index is 15.0. The van der Waals surface area contributed by atoms with Gasteiger partial charge in [0.2, 0.25) is 11.8 Å². The Balaban J connectivity index is 1.19. The zero-order chi connectivity index (χ0) is 23.0. The van der Waals surface area contributed by atoms with Crippen molar-refractivity contribution in [2.45, 2.75) is 20.3 Å². The SMILES string of the molecule is Cc1ccc(C(=O)COc2ccc(N3C(=O)C4C5C=CC(C6CC56)[C@H]4C3=O)c(F)c2)cc1C. The standard InChI is InChI=1S/C27H24FNO4/c1-13-3-4-15(9-14(13)2)23(30)12-33-16-5-8-22(21(28)10-16)29-26(31)24-17-6-7-18(20-11-19(17)20)25(24)27(29)32/h3-10,17-20,24-25H,11-12H2,1-2H3/t17?,18?,19?,20?,24-,25?/m1/s1. The van der Waals surface area contributed by atoms with Crippen LogP contribution in [0.4, 0.5) is 10.1 Å². The molecule has 4 aliphatic carbocycles. The first kappa shape index (κ1) is 20.3. The lowest BCUT2D eigenvalue weighted by molar-refractivity contribution is -0.124. The number of allylic oxidation sites excluding steroid dienone is 2. The summed E-state index contributed by atoms with van der Waals surface area (Å²) in [5.74, 6) is -0.921. The van der Waals surface area contributed by atoms with Crippen molar-refractivity contribution >= 4 is 23.3 Å². The maximum Gasteiger partial charge on any atom is 0.238 e. The molecule has 0 N–H and O–H groups in total. The number of ketones is 1. The van der Waals surface area contributed by atoms with Crippen LogP contribution in [0.15, 0.2) is 48.6 Å². The van der Waals surface area contributed by atoms with E-state index in [4.69, 9.17) is 4.74 Å². The topological polar surface area (TPSA) is 63.7 Å². The number of hydrogen-bond donors (Lipinski definition) is 0. The van der Waals surface area contributed by atoms with Crippen molar-refractivity contribution in [3.63, 3.8) is 0 Å². The van der Waals surface area contributed by atoms with Gasteiger partial charge in [-0.05, 0) is 73.3 Å². The fraction of sp³-hybridized carbons (Fsp3) is 0.370. The summed E-state index contributed by atoms with van der Waals surface area (Å²) in [6.07, 6.45) is 5.26. The molecule has 6 heteroatoms. The summed E-state index contributed by atoms with van der Waals surface area (Å²) in [5.41, 5.74) is 2.60. The molecule has 5 aliphatic rings. The lowest BCUT2D eigenvalue weighted by Gasteiger charge is -2.37. The number of anilines is 1. The Hall–Kier alpha value is -3.28. The fourth-order valence-electron chi connectivity index (χ4n) is 6.10. The van der Waals surface area contributed by atoms with Gasteiger partial charge in [-0.15, -0.1) is 0 Å². The fourth-order valence-corrected chi connectivity index (χ4v) is 6.10. The molecule has 5 unspecified atom stereocenters. The van der Waals surface area contributed by atoms with Crippen LogP contribution in [0.2, 0.25) is 0 Å². The van der Waals surface area contributed by atoms with Gasteiger partial charge in [0, 0.05) is 11.6 Å². The molecule has 5 nitrogen and oxygen atoms in total. The van der Waals surface area contributed by atoms with Gasteiger partial charge in [0.05, 0.1) is 17.5 Å². The zero-order valence-corrected chi connectivity index (χ0v) is 18.5. The second kappa shape index (κ2) is 7.11. The molecule has 6 atom stereocenters. The average Bonchev–Trinajstić information content (AvgIpc) is 3.58. The third kappa shape index (κ3) is 3.00. The number of carbonyl (C=O) groups is 3. The lowest BCUT2D eigenvalue weighted by Crippen LogP contribution is -2.40. The molecule has 0 radical (unpaired) electrons. The minimum atomic E-state index is -0.711. The van der Waals surface area contributed by atoms with E-state index in [0.29, 0.717) is 17.4 Å². The normalized spacial score (nSPS) is 30.9. The Kier molecular flexibility index (Phi) is 4.38. The molecule has 2 aromatic carbocycles. The number of ether oxygens (including phenoxy) is 1. The number of halogens is 1. The lowest BCUT2D eigenvalue weighted by atomic mass is 9.63. The van der Waals surface area contributed by atoms with Crippen LogP contribution in [-0.2, 0) is 9.59 Å². The zero-order valence-electron chi connectivity index (χ0n) is 18.5. The van der Waals surface area contributed by atoms with Crippen molar-refractivity contribution in [3.05, 3.63) is 71.1 Å². The van der Waals surface area contributed by atoms with Gasteiger partial charge in [-0.1, -0.05) is 24.3 Å². The highest BCUT2D eigenvalue weighted by atomic mass is 19.1. The van der Waals surface area contributed by atoms with E-state index in [1.807, 2.05) is 19.9 Å². The van der Waals surface area contributed by atoms with Gasteiger partial charge in [-0.25, -0.2) is 9.29 Å². The summed E-state index contributed by atoms with van der Waals surface area (Å²) in [6, 6.07) is 9.46. The van der Waals surface area contributed by atoms with Crippen LogP contribution in [0.1, 0.15) is 27.9 Å². The molecule has 2 amide bonds. The Labute approximate surface area is 191 Å². The first-order chi connectivity index (χ1) is 15.8. The summed E-state index contributed by atoms with van der Waals surface area (Å²) in [4.78, 5) is 39.9. The van der Waals surface area contributed by atoms with E-state index in [0.717, 1.165) is 28.5 Å². The van der Waals surface area contributed by atoms with E-state index >= 15 is 4.39 Å². The quantitative estimate of drug-likeness (QED) is 0.392. The Morgan fingerprint density at radius 1 is 0.970 bits per heavy atom. The molecule has 2 bridgehead atoms. The first-order valence-electron chi connectivity index (χ1n) is 11.4. The predicted molar refractivity (Wildman–Crippen MR) is 119 cm³/mol. The molecule has 1 aliphatic heterocycles. The first-order valence-corrected chi connectivity index (χ1v) is 11.4. The highest BCUT2D eigenvalue weighted by molar-refractivity contribution is 6.22. The van der Waals surface area contributed by atoms with E-state index < -0.39 is 5.82 Å². The number of carbonyl (C=O) groups excluding carboxylic acids is 3. The maximum absolute atomic E-state index is 15.0. The Morgan fingerprint density at radius 2 is 1.64 bits per heavy atom. The number of rotatable bonds is 5. The van der Waals surface area contributed by atoms with Gasteiger partial charge in [0.25, 0.3) is 0 Å². The summed E-state index contributed by atoms with van der Waals surface area (Å²) < 4.78 is 20.6. The minimum absolute atomic E-state index is 0.0414. The van der Waals surface area contributed by atoms with Gasteiger partial charge < -0.3 is 4.74 Å². The largest absolute Gasteiger partial charge is 0.485 e. The summed E-state index contributed by atoms with van der Waals surface area (Å²) >= 11 is 0. The van der Waals surface area contributed by atoms with Crippen molar-refractivity contribution < 1.29 is 23.5 Å². The third-order valence-electron chi connectivity index (χ3n) is 8.02. The number of nitrogens with zero attached hydrogens (tertiary/aromatic N) is 1. The smallest absolute Gasteiger partial charge is 0.238 e. The van der Waals surface area contributed by atoms with E-state index in [1.165, 1.54) is 12.1 Å². The number of amides is 2. The van der Waals surface area contributed by atoms with Crippen LogP contribution >= 0.6 is 0 Å². The molecular formula is C27H24FNO4. The number of Topliss-reactive ketones (excluding diaryl/α,β-unsaturated/α-hetero) is 1. The molecule has 1 saturated heterocycles. The number of hydrogen-bond acceptors (Lipinski definition) is 4. The summed E-state index contributed by atoms with van der Waals surface area (Å²) in [5, 5.41) is 0. The number of benzene rings is 2. The van der Waals surface area contributed by atoms with Crippen molar-refractivity contribution in [2.75, 3.05) is 11.5 Å². The molecule has 2 aromatic rings. The summed E-state index contributed by atoms with van der Waals surface area (Å²) in [6.45, 7) is 3.67. The molecule has 7 rings (SSSR count). The van der Waals surface area contributed by atoms with Gasteiger partial charge in [0.1, 0.15) is 5.75 Å². The van der Waals surface area contributed by atoms with Gasteiger partial charge in [0.15, 0.2) is 18.2 Å². The van der Waals surface area contributed by atoms with Crippen molar-refractivity contribution in [1.29, 1.82) is 0 Å². The van der Waals surface area contributed by atoms with Crippen molar-refractivity contribution in [3.8, 4) is 5.75 Å². The van der Waals surface area contributed by atoms with Gasteiger partial charge in [-0.2, -0.15) is 0 Å². The number of aryl methyl sites for hydroxylation is 2. The molecule has 3 fully saturated rings. The molecule has 168 valence electrons. The molecule has 0 spiro atoms. The van der Waals surface area contributed by atoms with Crippen LogP contribution in [-0.4, -0.2) is 24.2 Å². The highest BCUT2D eigenvalue weighted by Crippen LogP contribution is 2.65. The second-order valence-corrected chi connectivity index (χ2v) is 9.79. The minimum Gasteiger partial charge on any atom is -0.485 e. The molecule has 1 heterocycles. The van der Waals surface area contributed by atoms with Crippen LogP contribution in [0.25, 0.3) is 0 Å². The molecule has 0 aromatic heterocycles. The summed E-state index contributed by atoms with van der Waals surface area (Å²) in [7, 11) is 0. The molecular weight excluding hydrogens is 421 g/mol. The van der Waals surface area contributed by atoms with Crippen LogP contribution in [0, 0.1) is 55.2 Å². The predicted octanol–water partition coefficient (Wildman–Crippen LogP) is 4.26. The van der Waals surface area contributed by atoms with Crippen LogP contribution in [0.5, 0.6) is 5.75 Å². The molecule has 33 heavy (non-hydrogen) atoms. The van der Waals surface area contributed by atoms with Crippen LogP contribution < -0.4 is 9.64 Å². The van der Waals surface area contributed by atoms with E-state index in [-0.39, 0.29) is 59.3 Å². The van der Waals surface area contributed by atoms with Crippen LogP contribution in [0.3, 0.4) is 0 Å². The van der Waals surface area contributed by atoms with Gasteiger partial charge >= 0.3 is 0 Å². The van der Waals surface area contributed by atoms with E-state index in [9.17, 15) is 14.4 Å². The van der Waals surface area contributed by atoms with Crippen molar-refractivity contribution in [2.24, 2.45) is 35.5 Å². The monoisotopic (exact) mass is 445 g/mol. The Bertz CT molecular complexity index is 1210. The molecule has 2 saturated carbocycles. The van der Waals surface area contributed by atoms with Gasteiger partial charge in [-0.3, -0.25) is 14.4 Å².